The van der Waals surface area contributed by atoms with E-state index in [0.717, 1.165) is 17.7 Å². The molecule has 2 amide bonds. The highest BCUT2D eigenvalue weighted by Crippen LogP contribution is 2.38. The quantitative estimate of drug-likeness (QED) is 0.870. The molecule has 148 valence electrons. The Bertz CT molecular complexity index is 897. The first-order valence-electron chi connectivity index (χ1n) is 9.40. The van der Waals surface area contributed by atoms with Crippen LogP contribution in [-0.4, -0.2) is 35.8 Å². The lowest BCUT2D eigenvalue weighted by Gasteiger charge is -2.33. The van der Waals surface area contributed by atoms with E-state index in [1.54, 1.807) is 30.0 Å². The fraction of sp³-hybridized carbons (Fsp3) is 0.450. The number of ether oxygens (including phenoxy) is 2. The molecule has 1 N–H and O–H groups in total. The van der Waals surface area contributed by atoms with Crippen LogP contribution in [0.2, 0.25) is 0 Å². The normalized spacial score (nSPS) is 21.4. The van der Waals surface area contributed by atoms with Gasteiger partial charge in [-0.2, -0.15) is 0 Å². The number of carbonyl (C=O) groups is 2. The van der Waals surface area contributed by atoms with Crippen LogP contribution in [0, 0.1) is 13.8 Å². The molecule has 1 saturated heterocycles. The van der Waals surface area contributed by atoms with E-state index in [9.17, 15) is 9.59 Å². The van der Waals surface area contributed by atoms with Crippen molar-refractivity contribution < 1.29 is 23.6 Å². The molecule has 2 aromatic rings. The van der Waals surface area contributed by atoms with Gasteiger partial charge in [0.15, 0.2) is 6.10 Å². The summed E-state index contributed by atoms with van der Waals surface area (Å²) in [5.74, 6) is 0.934. The Kier molecular flexibility index (Phi) is 4.80. The number of hydrogen-bond donors (Lipinski definition) is 1. The average molecular weight is 385 g/mol. The molecule has 8 nitrogen and oxygen atoms in total. The predicted molar refractivity (Wildman–Crippen MR) is 101 cm³/mol. The van der Waals surface area contributed by atoms with Crippen molar-refractivity contribution in [2.45, 2.75) is 52.4 Å². The summed E-state index contributed by atoms with van der Waals surface area (Å²) in [6.45, 7) is 6.32. The SMILES string of the molecule is Cc1noc(C)c1CN1C(=O)C(C)Oc2ccc(NC(=O)C3CCCO3)cc21. The predicted octanol–water partition coefficient (Wildman–Crippen LogP) is 2.72. The number of fused-ring (bicyclic) bond motifs is 1. The fourth-order valence-corrected chi connectivity index (χ4v) is 3.54. The van der Waals surface area contributed by atoms with Crippen LogP contribution < -0.4 is 15.0 Å². The molecule has 0 radical (unpaired) electrons. The van der Waals surface area contributed by atoms with Crippen molar-refractivity contribution in [2.24, 2.45) is 0 Å². The van der Waals surface area contributed by atoms with Gasteiger partial charge in [0.1, 0.15) is 17.6 Å². The highest BCUT2D eigenvalue weighted by Gasteiger charge is 2.33. The molecule has 3 heterocycles. The minimum atomic E-state index is -0.597. The Balaban J connectivity index is 1.63. The molecule has 0 saturated carbocycles. The highest BCUT2D eigenvalue weighted by atomic mass is 16.5. The molecular formula is C20H23N3O5. The Labute approximate surface area is 162 Å². The summed E-state index contributed by atoms with van der Waals surface area (Å²) in [5.41, 5.74) is 2.80. The highest BCUT2D eigenvalue weighted by molar-refractivity contribution is 6.01. The second-order valence-electron chi connectivity index (χ2n) is 7.16. The zero-order chi connectivity index (χ0) is 19.8. The van der Waals surface area contributed by atoms with E-state index in [0.29, 0.717) is 42.5 Å². The van der Waals surface area contributed by atoms with Crippen molar-refractivity contribution in [3.8, 4) is 5.75 Å². The molecule has 8 heteroatoms. The van der Waals surface area contributed by atoms with Gasteiger partial charge in [0.05, 0.1) is 17.9 Å². The molecule has 2 aliphatic rings. The van der Waals surface area contributed by atoms with E-state index in [1.807, 2.05) is 13.8 Å². The second-order valence-corrected chi connectivity index (χ2v) is 7.16. The number of carbonyl (C=O) groups excluding carboxylic acids is 2. The van der Waals surface area contributed by atoms with E-state index in [1.165, 1.54) is 0 Å². The number of aryl methyl sites for hydroxylation is 2. The van der Waals surface area contributed by atoms with E-state index < -0.39 is 12.2 Å². The third-order valence-electron chi connectivity index (χ3n) is 5.15. The molecule has 4 rings (SSSR count). The molecule has 28 heavy (non-hydrogen) atoms. The average Bonchev–Trinajstić information content (AvgIpc) is 3.31. The molecule has 0 bridgehead atoms. The van der Waals surface area contributed by atoms with Crippen molar-refractivity contribution in [1.29, 1.82) is 0 Å². The minimum absolute atomic E-state index is 0.157. The Hall–Kier alpha value is -2.87. The van der Waals surface area contributed by atoms with Gasteiger partial charge in [-0.25, -0.2) is 0 Å². The molecular weight excluding hydrogens is 362 g/mol. The molecule has 2 atom stereocenters. The lowest BCUT2D eigenvalue weighted by Crippen LogP contribution is -2.44. The lowest BCUT2D eigenvalue weighted by atomic mass is 10.1. The van der Waals surface area contributed by atoms with Crippen LogP contribution in [0.15, 0.2) is 22.7 Å². The number of benzene rings is 1. The van der Waals surface area contributed by atoms with Crippen molar-refractivity contribution in [2.75, 3.05) is 16.8 Å². The van der Waals surface area contributed by atoms with Gasteiger partial charge in [-0.1, -0.05) is 5.16 Å². The summed E-state index contributed by atoms with van der Waals surface area (Å²) in [5, 5.41) is 6.84. The number of aromatic nitrogens is 1. The standard InChI is InChI=1S/C20H23N3O5/c1-11-15(12(2)28-22-11)10-23-16-9-14(21-19(24)18-5-4-8-26-18)6-7-17(16)27-13(3)20(23)25/h6-7,9,13,18H,4-5,8,10H2,1-3H3,(H,21,24). The molecule has 0 spiro atoms. The van der Waals surface area contributed by atoms with E-state index in [2.05, 4.69) is 10.5 Å². The number of rotatable bonds is 4. The number of hydrogen-bond acceptors (Lipinski definition) is 6. The monoisotopic (exact) mass is 385 g/mol. The molecule has 1 aromatic heterocycles. The van der Waals surface area contributed by atoms with Gasteiger partial charge in [-0.3, -0.25) is 9.59 Å². The van der Waals surface area contributed by atoms with Gasteiger partial charge >= 0.3 is 0 Å². The van der Waals surface area contributed by atoms with Crippen molar-refractivity contribution in [3.05, 3.63) is 35.2 Å². The molecule has 2 aliphatic heterocycles. The summed E-state index contributed by atoms with van der Waals surface area (Å²) in [6.07, 6.45) is 0.578. The Morgan fingerprint density at radius 2 is 2.18 bits per heavy atom. The minimum Gasteiger partial charge on any atom is -0.479 e. The van der Waals surface area contributed by atoms with Gasteiger partial charge in [0.2, 0.25) is 0 Å². The molecule has 1 aromatic carbocycles. The topological polar surface area (TPSA) is 93.9 Å². The second kappa shape index (κ2) is 7.27. The lowest BCUT2D eigenvalue weighted by molar-refractivity contribution is -0.125. The largest absolute Gasteiger partial charge is 0.479 e. The van der Waals surface area contributed by atoms with Crippen LogP contribution in [0.4, 0.5) is 11.4 Å². The van der Waals surface area contributed by atoms with Gasteiger partial charge in [-0.05, 0) is 51.8 Å². The van der Waals surface area contributed by atoms with Crippen molar-refractivity contribution in [3.63, 3.8) is 0 Å². The Morgan fingerprint density at radius 1 is 1.36 bits per heavy atom. The summed E-state index contributed by atoms with van der Waals surface area (Å²) in [4.78, 5) is 26.8. The number of nitrogens with zero attached hydrogens (tertiary/aromatic N) is 2. The zero-order valence-electron chi connectivity index (χ0n) is 16.2. The number of amides is 2. The zero-order valence-corrected chi connectivity index (χ0v) is 16.2. The van der Waals surface area contributed by atoms with Crippen LogP contribution in [0.5, 0.6) is 5.75 Å². The van der Waals surface area contributed by atoms with Gasteiger partial charge in [-0.15, -0.1) is 0 Å². The van der Waals surface area contributed by atoms with Crippen molar-refractivity contribution >= 4 is 23.2 Å². The van der Waals surface area contributed by atoms with Crippen LogP contribution in [0.1, 0.15) is 36.8 Å². The third kappa shape index (κ3) is 3.35. The smallest absolute Gasteiger partial charge is 0.268 e. The maximum Gasteiger partial charge on any atom is 0.268 e. The first-order chi connectivity index (χ1) is 13.4. The molecule has 2 unspecified atom stereocenters. The summed E-state index contributed by atoms with van der Waals surface area (Å²) < 4.78 is 16.4. The molecule has 1 fully saturated rings. The van der Waals surface area contributed by atoms with E-state index in [-0.39, 0.29) is 11.8 Å². The van der Waals surface area contributed by atoms with E-state index >= 15 is 0 Å². The first kappa shape index (κ1) is 18.5. The van der Waals surface area contributed by atoms with Crippen LogP contribution in [0.3, 0.4) is 0 Å². The van der Waals surface area contributed by atoms with Crippen LogP contribution >= 0.6 is 0 Å². The summed E-state index contributed by atoms with van der Waals surface area (Å²) in [6, 6.07) is 5.29. The third-order valence-corrected chi connectivity index (χ3v) is 5.15. The Morgan fingerprint density at radius 3 is 2.86 bits per heavy atom. The molecule has 0 aliphatic carbocycles. The van der Waals surface area contributed by atoms with Crippen LogP contribution in [-0.2, 0) is 20.9 Å². The van der Waals surface area contributed by atoms with Gasteiger partial charge in [0, 0.05) is 17.9 Å². The van der Waals surface area contributed by atoms with Gasteiger partial charge in [0.25, 0.3) is 11.8 Å². The summed E-state index contributed by atoms with van der Waals surface area (Å²) >= 11 is 0. The first-order valence-corrected chi connectivity index (χ1v) is 9.40. The van der Waals surface area contributed by atoms with Gasteiger partial charge < -0.3 is 24.2 Å². The maximum absolute atomic E-state index is 12.8. The number of nitrogens with one attached hydrogen (secondary N) is 1. The van der Waals surface area contributed by atoms with Crippen molar-refractivity contribution in [1.82, 2.24) is 5.16 Å². The number of anilines is 2. The van der Waals surface area contributed by atoms with E-state index in [4.69, 9.17) is 14.0 Å². The van der Waals surface area contributed by atoms with Crippen LogP contribution in [0.25, 0.3) is 0 Å². The maximum atomic E-state index is 12.8. The fourth-order valence-electron chi connectivity index (χ4n) is 3.54. The summed E-state index contributed by atoms with van der Waals surface area (Å²) in [7, 11) is 0.